The molecule has 7 heteroatoms. The van der Waals surface area contributed by atoms with Crippen LogP contribution in [0.3, 0.4) is 0 Å². The molecule has 0 bridgehead atoms. The number of hydrogen-bond donors (Lipinski definition) is 0. The molecule has 5 rings (SSSR count). The van der Waals surface area contributed by atoms with E-state index in [1.165, 1.54) is 21.8 Å². The van der Waals surface area contributed by atoms with E-state index >= 15 is 0 Å². The van der Waals surface area contributed by atoms with E-state index in [1.54, 1.807) is 22.2 Å². The Balaban J connectivity index is 1.52. The standard InChI is InChI=1S/C19H14ClN3OS2/c20-14-6-2-1-4-12(14)17-22-11(9-25-17)8-23-10-21-18-16(19(23)24)13-5-3-7-15(13)26-18/h1-2,4,6,9-10H,3,5,7-8H2. The maximum absolute atomic E-state index is 13.0. The molecule has 0 radical (unpaired) electrons. The van der Waals surface area contributed by atoms with Crippen molar-refractivity contribution < 1.29 is 0 Å². The van der Waals surface area contributed by atoms with E-state index in [0.717, 1.165) is 45.7 Å². The SMILES string of the molecule is O=c1c2c3c(sc2ncn1Cc1csc(-c2ccccc2Cl)n1)CCC3. The Morgan fingerprint density at radius 3 is 3.00 bits per heavy atom. The zero-order valence-corrected chi connectivity index (χ0v) is 16.1. The van der Waals surface area contributed by atoms with Gasteiger partial charge in [-0.05, 0) is 30.9 Å². The summed E-state index contributed by atoms with van der Waals surface area (Å²) in [5.74, 6) is 0. The molecule has 0 atom stereocenters. The van der Waals surface area contributed by atoms with Crippen molar-refractivity contribution in [3.05, 3.63) is 67.5 Å². The zero-order chi connectivity index (χ0) is 17.7. The molecule has 4 aromatic rings. The number of fused-ring (bicyclic) bond motifs is 3. The van der Waals surface area contributed by atoms with Crippen LogP contribution < -0.4 is 5.56 Å². The first-order valence-corrected chi connectivity index (χ1v) is 10.5. The summed E-state index contributed by atoms with van der Waals surface area (Å²) in [5.41, 5.74) is 3.02. The van der Waals surface area contributed by atoms with E-state index in [9.17, 15) is 4.79 Å². The minimum absolute atomic E-state index is 0.0432. The molecule has 0 unspecified atom stereocenters. The molecule has 3 aromatic heterocycles. The van der Waals surface area contributed by atoms with E-state index < -0.39 is 0 Å². The Hall–Kier alpha value is -2.02. The van der Waals surface area contributed by atoms with E-state index in [4.69, 9.17) is 11.6 Å². The summed E-state index contributed by atoms with van der Waals surface area (Å²) in [6, 6.07) is 7.67. The first kappa shape index (κ1) is 16.2. The molecule has 0 N–H and O–H groups in total. The summed E-state index contributed by atoms with van der Waals surface area (Å²) in [6.07, 6.45) is 4.84. The van der Waals surface area contributed by atoms with Crippen molar-refractivity contribution in [1.29, 1.82) is 0 Å². The van der Waals surface area contributed by atoms with Crippen LogP contribution in [0.15, 0.2) is 40.8 Å². The molecule has 1 aliphatic rings. The lowest BCUT2D eigenvalue weighted by Crippen LogP contribution is -2.21. The number of nitrogens with zero attached hydrogens (tertiary/aromatic N) is 3. The van der Waals surface area contributed by atoms with Gasteiger partial charge in [-0.15, -0.1) is 22.7 Å². The largest absolute Gasteiger partial charge is 0.293 e. The van der Waals surface area contributed by atoms with Crippen LogP contribution in [-0.2, 0) is 19.4 Å². The van der Waals surface area contributed by atoms with Crippen LogP contribution in [0.5, 0.6) is 0 Å². The van der Waals surface area contributed by atoms with Crippen LogP contribution in [0.2, 0.25) is 5.02 Å². The van der Waals surface area contributed by atoms with Gasteiger partial charge in [0.1, 0.15) is 9.84 Å². The second-order valence-electron chi connectivity index (χ2n) is 6.34. The van der Waals surface area contributed by atoms with Gasteiger partial charge in [-0.3, -0.25) is 9.36 Å². The Kier molecular flexibility index (Phi) is 3.92. The number of rotatable bonds is 3. The molecule has 0 aliphatic heterocycles. The van der Waals surface area contributed by atoms with Gasteiger partial charge in [0, 0.05) is 15.8 Å². The summed E-state index contributed by atoms with van der Waals surface area (Å²) >= 11 is 9.47. The number of hydrogen-bond acceptors (Lipinski definition) is 5. The van der Waals surface area contributed by atoms with Gasteiger partial charge in [0.05, 0.1) is 29.0 Å². The maximum atomic E-state index is 13.0. The minimum atomic E-state index is 0.0432. The number of thiophene rings is 1. The van der Waals surface area contributed by atoms with Crippen LogP contribution in [0.25, 0.3) is 20.8 Å². The molecule has 1 aliphatic carbocycles. The summed E-state index contributed by atoms with van der Waals surface area (Å²) < 4.78 is 1.67. The Morgan fingerprint density at radius 2 is 2.12 bits per heavy atom. The third kappa shape index (κ3) is 2.60. The molecule has 26 heavy (non-hydrogen) atoms. The van der Waals surface area contributed by atoms with Gasteiger partial charge >= 0.3 is 0 Å². The summed E-state index contributed by atoms with van der Waals surface area (Å²) in [6.45, 7) is 0.424. The van der Waals surface area contributed by atoms with E-state index in [2.05, 4.69) is 9.97 Å². The second kappa shape index (κ2) is 6.30. The van der Waals surface area contributed by atoms with E-state index in [-0.39, 0.29) is 5.56 Å². The highest BCUT2D eigenvalue weighted by atomic mass is 35.5. The summed E-state index contributed by atoms with van der Waals surface area (Å²) in [4.78, 5) is 24.3. The van der Waals surface area contributed by atoms with Crippen LogP contribution in [0.4, 0.5) is 0 Å². The second-order valence-corrected chi connectivity index (χ2v) is 8.69. The zero-order valence-electron chi connectivity index (χ0n) is 13.7. The monoisotopic (exact) mass is 399 g/mol. The number of halogens is 1. The number of aromatic nitrogens is 3. The van der Waals surface area contributed by atoms with Crippen LogP contribution in [0.1, 0.15) is 22.6 Å². The van der Waals surface area contributed by atoms with Crippen molar-refractivity contribution >= 4 is 44.5 Å². The van der Waals surface area contributed by atoms with E-state index in [0.29, 0.717) is 11.6 Å². The predicted octanol–water partition coefficient (Wildman–Crippen LogP) is 4.77. The van der Waals surface area contributed by atoms with Gasteiger partial charge in [-0.2, -0.15) is 0 Å². The summed E-state index contributed by atoms with van der Waals surface area (Å²) in [7, 11) is 0. The topological polar surface area (TPSA) is 47.8 Å². The Labute approximate surface area is 162 Å². The highest BCUT2D eigenvalue weighted by Gasteiger charge is 2.21. The quantitative estimate of drug-likeness (QED) is 0.498. The van der Waals surface area contributed by atoms with Crippen LogP contribution >= 0.6 is 34.3 Å². The molecule has 0 saturated heterocycles. The van der Waals surface area contributed by atoms with Gasteiger partial charge in [-0.25, -0.2) is 9.97 Å². The van der Waals surface area contributed by atoms with Crippen molar-refractivity contribution in [2.24, 2.45) is 0 Å². The van der Waals surface area contributed by atoms with Crippen molar-refractivity contribution in [3.63, 3.8) is 0 Å². The fraction of sp³-hybridized carbons (Fsp3) is 0.211. The van der Waals surface area contributed by atoms with Crippen molar-refractivity contribution in [1.82, 2.24) is 14.5 Å². The predicted molar refractivity (Wildman–Crippen MR) is 108 cm³/mol. The third-order valence-electron chi connectivity index (χ3n) is 4.68. The van der Waals surface area contributed by atoms with Crippen LogP contribution in [0, 0.1) is 0 Å². The molecule has 130 valence electrons. The van der Waals surface area contributed by atoms with Gasteiger partial charge in [-0.1, -0.05) is 29.8 Å². The molecule has 0 saturated carbocycles. The van der Waals surface area contributed by atoms with Crippen molar-refractivity contribution in [3.8, 4) is 10.6 Å². The maximum Gasteiger partial charge on any atom is 0.262 e. The lowest BCUT2D eigenvalue weighted by molar-refractivity contribution is 0.734. The average Bonchev–Trinajstić information content (AvgIpc) is 3.33. The highest BCUT2D eigenvalue weighted by molar-refractivity contribution is 7.18. The average molecular weight is 400 g/mol. The Bertz CT molecular complexity index is 1190. The first-order chi connectivity index (χ1) is 12.7. The number of thiazole rings is 1. The Morgan fingerprint density at radius 1 is 1.23 bits per heavy atom. The molecule has 0 spiro atoms. The third-order valence-corrected chi connectivity index (χ3v) is 7.13. The highest BCUT2D eigenvalue weighted by Crippen LogP contribution is 2.34. The fourth-order valence-corrected chi connectivity index (χ4v) is 5.80. The lowest BCUT2D eigenvalue weighted by atomic mass is 10.2. The molecule has 4 nitrogen and oxygen atoms in total. The summed E-state index contributed by atoms with van der Waals surface area (Å²) in [5, 5.41) is 4.34. The number of benzene rings is 1. The van der Waals surface area contributed by atoms with Crippen LogP contribution in [-0.4, -0.2) is 14.5 Å². The number of aryl methyl sites for hydroxylation is 2. The molecule has 0 amide bonds. The molecule has 3 heterocycles. The molecule has 1 aromatic carbocycles. The van der Waals surface area contributed by atoms with Gasteiger partial charge in [0.25, 0.3) is 5.56 Å². The minimum Gasteiger partial charge on any atom is -0.293 e. The molecule has 0 fully saturated rings. The fourth-order valence-electron chi connectivity index (χ4n) is 3.44. The van der Waals surface area contributed by atoms with Crippen molar-refractivity contribution in [2.45, 2.75) is 25.8 Å². The molecular weight excluding hydrogens is 386 g/mol. The normalized spacial score (nSPS) is 13.4. The smallest absolute Gasteiger partial charge is 0.262 e. The van der Waals surface area contributed by atoms with Crippen molar-refractivity contribution in [2.75, 3.05) is 0 Å². The van der Waals surface area contributed by atoms with Gasteiger partial charge in [0.2, 0.25) is 0 Å². The first-order valence-electron chi connectivity index (χ1n) is 8.39. The molecular formula is C19H14ClN3OS2. The van der Waals surface area contributed by atoms with E-state index in [1.807, 2.05) is 29.6 Å². The van der Waals surface area contributed by atoms with Gasteiger partial charge in [0.15, 0.2) is 0 Å². The lowest BCUT2D eigenvalue weighted by Gasteiger charge is -2.04. The van der Waals surface area contributed by atoms with Gasteiger partial charge < -0.3 is 0 Å².